The highest BCUT2D eigenvalue weighted by Crippen LogP contribution is 2.36. The first-order valence-corrected chi connectivity index (χ1v) is 5.30. The number of halogens is 2. The van der Waals surface area contributed by atoms with Crippen LogP contribution in [0.4, 0.5) is 5.69 Å². The molecule has 0 heterocycles. The van der Waals surface area contributed by atoms with Crippen LogP contribution in [0.5, 0.6) is 0 Å². The summed E-state index contributed by atoms with van der Waals surface area (Å²) in [5.41, 5.74) is 6.26. The fraction of sp³-hybridized carbons (Fsp3) is 0.455. The van der Waals surface area contributed by atoms with E-state index in [0.29, 0.717) is 10.6 Å². The molecule has 96 valence electrons. The van der Waals surface area contributed by atoms with Gasteiger partial charge in [-0.3, -0.25) is 10.1 Å². The van der Waals surface area contributed by atoms with Crippen LogP contribution in [0.1, 0.15) is 32.4 Å². The highest BCUT2D eigenvalue weighted by molar-refractivity contribution is 6.30. The molecular weight excluding hydrogens is 263 g/mol. The fourth-order valence-corrected chi connectivity index (χ4v) is 1.59. The molecule has 4 nitrogen and oxygen atoms in total. The maximum Gasteiger partial charge on any atom is 0.274 e. The summed E-state index contributed by atoms with van der Waals surface area (Å²) in [6.07, 6.45) is 0. The molecule has 0 amide bonds. The van der Waals surface area contributed by atoms with Gasteiger partial charge in [0.1, 0.15) is 0 Å². The Labute approximate surface area is 112 Å². The molecule has 0 unspecified atom stereocenters. The first-order valence-electron chi connectivity index (χ1n) is 4.93. The van der Waals surface area contributed by atoms with Crippen LogP contribution in [0.2, 0.25) is 5.02 Å². The Morgan fingerprint density at radius 2 is 1.94 bits per heavy atom. The molecule has 0 aliphatic rings. The minimum absolute atomic E-state index is 0. The third-order valence-electron chi connectivity index (χ3n) is 2.45. The zero-order chi connectivity index (χ0) is 12.5. The molecule has 0 saturated heterocycles. The number of nitrogens with zero attached hydrogens (tertiary/aromatic N) is 1. The summed E-state index contributed by atoms with van der Waals surface area (Å²) in [4.78, 5) is 10.4. The van der Waals surface area contributed by atoms with Gasteiger partial charge in [0.15, 0.2) is 0 Å². The number of benzene rings is 1. The molecule has 0 saturated carbocycles. The minimum Gasteiger partial charge on any atom is -0.323 e. The SMILES string of the molecule is CC(C)(C)[C@@H](N)c1cc(Cl)ccc1[N+](=O)[O-].Cl. The lowest BCUT2D eigenvalue weighted by Gasteiger charge is -2.27. The van der Waals surface area contributed by atoms with Gasteiger partial charge >= 0.3 is 0 Å². The van der Waals surface area contributed by atoms with Crippen LogP contribution in [0, 0.1) is 15.5 Å². The standard InChI is InChI=1S/C11H15ClN2O2.ClH/c1-11(2,3)10(13)8-6-7(12)4-5-9(8)14(15)16;/h4-6,10H,13H2,1-3H3;1H/t10-;/m0./s1. The van der Waals surface area contributed by atoms with Gasteiger partial charge in [-0.25, -0.2) is 0 Å². The average Bonchev–Trinajstić information content (AvgIpc) is 2.14. The molecule has 6 heteroatoms. The molecule has 1 atom stereocenters. The Bertz CT molecular complexity index is 416. The van der Waals surface area contributed by atoms with Gasteiger partial charge in [0.05, 0.1) is 4.92 Å². The first-order chi connectivity index (χ1) is 7.23. The van der Waals surface area contributed by atoms with Crippen LogP contribution in [-0.4, -0.2) is 4.92 Å². The molecule has 1 aromatic rings. The van der Waals surface area contributed by atoms with Gasteiger partial charge in [0.25, 0.3) is 5.69 Å². The van der Waals surface area contributed by atoms with E-state index in [2.05, 4.69) is 0 Å². The van der Waals surface area contributed by atoms with E-state index in [1.807, 2.05) is 20.8 Å². The molecule has 0 bridgehead atoms. The van der Waals surface area contributed by atoms with Crippen molar-refractivity contribution in [3.8, 4) is 0 Å². The van der Waals surface area contributed by atoms with Crippen LogP contribution >= 0.6 is 24.0 Å². The van der Waals surface area contributed by atoms with Crippen LogP contribution in [0.25, 0.3) is 0 Å². The van der Waals surface area contributed by atoms with Crippen molar-refractivity contribution in [1.29, 1.82) is 0 Å². The molecule has 1 aromatic carbocycles. The Kier molecular flexibility index (Phi) is 5.39. The van der Waals surface area contributed by atoms with Crippen molar-refractivity contribution in [3.05, 3.63) is 38.9 Å². The molecule has 17 heavy (non-hydrogen) atoms. The smallest absolute Gasteiger partial charge is 0.274 e. The lowest BCUT2D eigenvalue weighted by molar-refractivity contribution is -0.385. The lowest BCUT2D eigenvalue weighted by Crippen LogP contribution is -2.27. The predicted molar refractivity (Wildman–Crippen MR) is 71.7 cm³/mol. The van der Waals surface area contributed by atoms with Crippen molar-refractivity contribution in [3.63, 3.8) is 0 Å². The van der Waals surface area contributed by atoms with Crippen LogP contribution in [0.3, 0.4) is 0 Å². The van der Waals surface area contributed by atoms with E-state index >= 15 is 0 Å². The van der Waals surface area contributed by atoms with Gasteiger partial charge in [-0.05, 0) is 17.5 Å². The van der Waals surface area contributed by atoms with Crippen molar-refractivity contribution < 1.29 is 4.92 Å². The molecule has 0 aliphatic carbocycles. The number of hydrogen-bond acceptors (Lipinski definition) is 3. The van der Waals surface area contributed by atoms with Crippen molar-refractivity contribution in [2.75, 3.05) is 0 Å². The summed E-state index contributed by atoms with van der Waals surface area (Å²) in [5, 5.41) is 11.3. The van der Waals surface area contributed by atoms with E-state index in [1.54, 1.807) is 6.07 Å². The van der Waals surface area contributed by atoms with E-state index < -0.39 is 11.0 Å². The zero-order valence-corrected chi connectivity index (χ0v) is 11.5. The first kappa shape index (κ1) is 16.2. The predicted octanol–water partition coefficient (Wildman–Crippen LogP) is 3.72. The van der Waals surface area contributed by atoms with Crippen molar-refractivity contribution in [2.24, 2.45) is 11.1 Å². The number of nitrogens with two attached hydrogens (primary N) is 1. The van der Waals surface area contributed by atoms with Gasteiger partial charge in [-0.1, -0.05) is 32.4 Å². The summed E-state index contributed by atoms with van der Waals surface area (Å²) in [6.45, 7) is 5.80. The zero-order valence-electron chi connectivity index (χ0n) is 9.94. The third kappa shape index (κ3) is 3.84. The molecule has 0 aromatic heterocycles. The Morgan fingerprint density at radius 1 is 1.41 bits per heavy atom. The van der Waals surface area contributed by atoms with Crippen molar-refractivity contribution in [1.82, 2.24) is 0 Å². The Hall–Kier alpha value is -0.840. The third-order valence-corrected chi connectivity index (χ3v) is 2.69. The lowest BCUT2D eigenvalue weighted by atomic mass is 9.82. The summed E-state index contributed by atoms with van der Waals surface area (Å²) < 4.78 is 0. The van der Waals surface area contributed by atoms with Gasteiger partial charge in [0.2, 0.25) is 0 Å². The second kappa shape index (κ2) is 5.67. The molecule has 0 aliphatic heterocycles. The molecule has 2 N–H and O–H groups in total. The monoisotopic (exact) mass is 278 g/mol. The molecule has 0 fully saturated rings. The van der Waals surface area contributed by atoms with Crippen LogP contribution in [-0.2, 0) is 0 Å². The van der Waals surface area contributed by atoms with Crippen LogP contribution in [0.15, 0.2) is 18.2 Å². The minimum atomic E-state index is -0.433. The van der Waals surface area contributed by atoms with Gasteiger partial charge < -0.3 is 5.73 Å². The van der Waals surface area contributed by atoms with E-state index in [4.69, 9.17) is 17.3 Å². The maximum absolute atomic E-state index is 10.9. The van der Waals surface area contributed by atoms with Crippen LogP contribution < -0.4 is 5.73 Å². The Morgan fingerprint density at radius 3 is 2.35 bits per heavy atom. The van der Waals surface area contributed by atoms with E-state index in [0.717, 1.165) is 0 Å². The number of nitro benzene ring substituents is 1. The summed E-state index contributed by atoms with van der Waals surface area (Å²) in [6, 6.07) is 4.03. The highest BCUT2D eigenvalue weighted by Gasteiger charge is 2.28. The maximum atomic E-state index is 10.9. The molecule has 0 radical (unpaired) electrons. The normalized spacial score (nSPS) is 12.8. The number of hydrogen-bond donors (Lipinski definition) is 1. The second-order valence-corrected chi connectivity index (χ2v) is 5.24. The summed E-state index contributed by atoms with van der Waals surface area (Å²) in [7, 11) is 0. The number of rotatable bonds is 2. The summed E-state index contributed by atoms with van der Waals surface area (Å²) >= 11 is 5.84. The molecular formula is C11H16Cl2N2O2. The molecule has 0 spiro atoms. The second-order valence-electron chi connectivity index (χ2n) is 4.80. The quantitative estimate of drug-likeness (QED) is 0.662. The fourth-order valence-electron chi connectivity index (χ4n) is 1.41. The highest BCUT2D eigenvalue weighted by atomic mass is 35.5. The topological polar surface area (TPSA) is 69.2 Å². The van der Waals surface area contributed by atoms with E-state index in [9.17, 15) is 10.1 Å². The van der Waals surface area contributed by atoms with Crippen molar-refractivity contribution in [2.45, 2.75) is 26.8 Å². The van der Waals surface area contributed by atoms with Gasteiger partial charge in [-0.2, -0.15) is 0 Å². The largest absolute Gasteiger partial charge is 0.323 e. The van der Waals surface area contributed by atoms with E-state index in [-0.39, 0.29) is 23.5 Å². The van der Waals surface area contributed by atoms with E-state index in [1.165, 1.54) is 12.1 Å². The Balaban J connectivity index is 0.00000256. The van der Waals surface area contributed by atoms with Crippen molar-refractivity contribution >= 4 is 29.7 Å². The average molecular weight is 279 g/mol. The number of nitro groups is 1. The molecule has 1 rings (SSSR count). The summed E-state index contributed by atoms with van der Waals surface area (Å²) in [5.74, 6) is 0. The van der Waals surface area contributed by atoms with Gasteiger partial charge in [0, 0.05) is 22.7 Å². The van der Waals surface area contributed by atoms with Gasteiger partial charge in [-0.15, -0.1) is 12.4 Å².